The van der Waals surface area contributed by atoms with E-state index in [1.165, 1.54) is 28.1 Å². The molecule has 0 unspecified atom stereocenters. The van der Waals surface area contributed by atoms with E-state index in [4.69, 9.17) is 4.74 Å². The van der Waals surface area contributed by atoms with Gasteiger partial charge in [-0.2, -0.15) is 0 Å². The Labute approximate surface area is 143 Å². The van der Waals surface area contributed by atoms with Crippen LogP contribution < -0.4 is 4.90 Å². The van der Waals surface area contributed by atoms with Crippen molar-refractivity contribution in [2.75, 3.05) is 18.1 Å². The Morgan fingerprint density at radius 2 is 1.46 bits per heavy atom. The monoisotopic (exact) mass is 318 g/mol. The number of nitrogens with zero attached hydrogens (tertiary/aromatic N) is 2. The highest BCUT2D eigenvalue weighted by Gasteiger charge is 2.27. The summed E-state index contributed by atoms with van der Waals surface area (Å²) in [4.78, 5) is 2.33. The van der Waals surface area contributed by atoms with E-state index in [2.05, 4.69) is 90.3 Å². The van der Waals surface area contributed by atoms with Crippen LogP contribution in [0.4, 0.5) is 5.69 Å². The molecular weight excluding hydrogens is 296 g/mol. The lowest BCUT2D eigenvalue weighted by Gasteiger charge is -2.24. The van der Waals surface area contributed by atoms with Gasteiger partial charge >= 0.3 is 0 Å². The number of anilines is 1. The van der Waals surface area contributed by atoms with Crippen LogP contribution in [0.3, 0.4) is 0 Å². The summed E-state index contributed by atoms with van der Waals surface area (Å²) in [5, 5.41) is 0. The van der Waals surface area contributed by atoms with Crippen LogP contribution in [0.5, 0.6) is 0 Å². The normalized spacial score (nSPS) is 17.4. The molecule has 1 aliphatic rings. The molecule has 122 valence electrons. The second-order valence-corrected chi connectivity index (χ2v) is 6.44. The Bertz CT molecular complexity index is 818. The minimum atomic E-state index is -0.0144. The van der Waals surface area contributed by atoms with Gasteiger partial charge in [0.05, 0.1) is 6.61 Å². The molecule has 4 rings (SSSR count). The third-order valence-corrected chi connectivity index (χ3v) is 4.59. The molecule has 0 aliphatic carbocycles. The quantitative estimate of drug-likeness (QED) is 0.700. The molecule has 1 aliphatic heterocycles. The molecule has 3 aromatic rings. The molecular formula is C21H22N2O. The van der Waals surface area contributed by atoms with Gasteiger partial charge in [-0.15, -0.1) is 0 Å². The maximum Gasteiger partial charge on any atom is 0.158 e. The van der Waals surface area contributed by atoms with Crippen molar-refractivity contribution in [1.29, 1.82) is 0 Å². The van der Waals surface area contributed by atoms with E-state index in [1.54, 1.807) is 0 Å². The number of benzene rings is 2. The van der Waals surface area contributed by atoms with Crippen molar-refractivity contribution in [3.63, 3.8) is 0 Å². The average Bonchev–Trinajstić information content (AvgIpc) is 3.25. The highest BCUT2D eigenvalue weighted by molar-refractivity contribution is 5.50. The van der Waals surface area contributed by atoms with Crippen LogP contribution in [-0.4, -0.2) is 17.7 Å². The lowest BCUT2D eigenvalue weighted by atomic mass is 10.2. The Hall–Kier alpha value is -2.52. The molecule has 0 bridgehead atoms. The summed E-state index contributed by atoms with van der Waals surface area (Å²) in [6.07, 6.45) is 4.26. The number of hydrogen-bond donors (Lipinski definition) is 0. The van der Waals surface area contributed by atoms with E-state index in [0.29, 0.717) is 0 Å². The summed E-state index contributed by atoms with van der Waals surface area (Å²) >= 11 is 0. The first-order chi connectivity index (χ1) is 11.7. The minimum absolute atomic E-state index is 0.0144. The highest BCUT2D eigenvalue weighted by Crippen LogP contribution is 2.32. The lowest BCUT2D eigenvalue weighted by molar-refractivity contribution is 0.114. The standard InChI is InChI=1S/C21H22N2O/c1-16-3-7-19(8-4-16)22-12-11-18(15-22)21-23(13-14-24-21)20-9-5-17(2)6-10-20/h3-12,15,21H,13-14H2,1-2H3/t21-/m1/s1. The van der Waals surface area contributed by atoms with Gasteiger partial charge in [0.25, 0.3) is 0 Å². The SMILES string of the molecule is Cc1ccc(N2CCO[C@@H]2c2ccn(-c3ccc(C)cc3)c2)cc1. The third kappa shape index (κ3) is 2.83. The van der Waals surface area contributed by atoms with Gasteiger partial charge in [-0.3, -0.25) is 0 Å². The molecule has 2 aromatic carbocycles. The first-order valence-corrected chi connectivity index (χ1v) is 8.40. The molecule has 1 saturated heterocycles. The third-order valence-electron chi connectivity index (χ3n) is 4.59. The van der Waals surface area contributed by atoms with Gasteiger partial charge < -0.3 is 14.2 Å². The molecule has 1 fully saturated rings. The van der Waals surface area contributed by atoms with E-state index < -0.39 is 0 Å². The number of aromatic nitrogens is 1. The predicted molar refractivity (Wildman–Crippen MR) is 97.7 cm³/mol. The predicted octanol–water partition coefficient (Wildman–Crippen LogP) is 4.63. The van der Waals surface area contributed by atoms with Crippen molar-refractivity contribution >= 4 is 5.69 Å². The molecule has 1 atom stereocenters. The fourth-order valence-electron chi connectivity index (χ4n) is 3.18. The Balaban J connectivity index is 1.61. The Morgan fingerprint density at radius 1 is 0.833 bits per heavy atom. The molecule has 0 N–H and O–H groups in total. The van der Waals surface area contributed by atoms with Crippen molar-refractivity contribution in [2.24, 2.45) is 0 Å². The van der Waals surface area contributed by atoms with Crippen molar-refractivity contribution in [3.05, 3.63) is 83.7 Å². The zero-order chi connectivity index (χ0) is 16.5. The van der Waals surface area contributed by atoms with Gasteiger partial charge in [-0.1, -0.05) is 35.4 Å². The highest BCUT2D eigenvalue weighted by atomic mass is 16.5. The van der Waals surface area contributed by atoms with Gasteiger partial charge in [-0.05, 0) is 44.2 Å². The number of aryl methyl sites for hydroxylation is 2. The zero-order valence-electron chi connectivity index (χ0n) is 14.1. The fraction of sp³-hybridized carbons (Fsp3) is 0.238. The molecule has 3 heteroatoms. The summed E-state index contributed by atoms with van der Waals surface area (Å²) < 4.78 is 8.17. The summed E-state index contributed by atoms with van der Waals surface area (Å²) in [6.45, 7) is 5.90. The average molecular weight is 318 g/mol. The van der Waals surface area contributed by atoms with Crippen LogP contribution in [-0.2, 0) is 4.74 Å². The first-order valence-electron chi connectivity index (χ1n) is 8.40. The van der Waals surface area contributed by atoms with Gasteiger partial charge in [0.1, 0.15) is 0 Å². The van der Waals surface area contributed by atoms with Gasteiger partial charge in [-0.25, -0.2) is 0 Å². The zero-order valence-corrected chi connectivity index (χ0v) is 14.1. The van der Waals surface area contributed by atoms with Gasteiger partial charge in [0.15, 0.2) is 6.23 Å². The molecule has 2 heterocycles. The first kappa shape index (κ1) is 15.0. The van der Waals surface area contributed by atoms with Crippen LogP contribution in [0.15, 0.2) is 67.0 Å². The summed E-state index contributed by atoms with van der Waals surface area (Å²) in [5.74, 6) is 0. The number of ether oxygens (including phenoxy) is 1. The van der Waals surface area contributed by atoms with Crippen LogP contribution in [0.1, 0.15) is 22.9 Å². The second-order valence-electron chi connectivity index (χ2n) is 6.44. The number of hydrogen-bond acceptors (Lipinski definition) is 2. The summed E-state index contributed by atoms with van der Waals surface area (Å²) in [6, 6.07) is 19.4. The molecule has 0 spiro atoms. The van der Waals surface area contributed by atoms with Crippen molar-refractivity contribution in [1.82, 2.24) is 4.57 Å². The van der Waals surface area contributed by atoms with E-state index in [9.17, 15) is 0 Å². The summed E-state index contributed by atoms with van der Waals surface area (Å²) in [7, 11) is 0. The van der Waals surface area contributed by atoms with Crippen molar-refractivity contribution in [3.8, 4) is 5.69 Å². The van der Waals surface area contributed by atoms with Crippen LogP contribution in [0.2, 0.25) is 0 Å². The molecule has 24 heavy (non-hydrogen) atoms. The molecule has 0 amide bonds. The summed E-state index contributed by atoms with van der Waals surface area (Å²) in [5.41, 5.74) is 6.13. The van der Waals surface area contributed by atoms with Gasteiger partial charge in [0.2, 0.25) is 0 Å². The van der Waals surface area contributed by atoms with Crippen LogP contribution in [0, 0.1) is 13.8 Å². The maximum atomic E-state index is 6.02. The Morgan fingerprint density at radius 3 is 2.12 bits per heavy atom. The minimum Gasteiger partial charge on any atom is -0.352 e. The topological polar surface area (TPSA) is 17.4 Å². The van der Waals surface area contributed by atoms with Crippen molar-refractivity contribution < 1.29 is 4.74 Å². The largest absolute Gasteiger partial charge is 0.352 e. The fourth-order valence-corrected chi connectivity index (χ4v) is 3.18. The lowest BCUT2D eigenvalue weighted by Crippen LogP contribution is -2.22. The Kier molecular flexibility index (Phi) is 3.87. The maximum absolute atomic E-state index is 6.02. The number of rotatable bonds is 3. The van der Waals surface area contributed by atoms with Crippen LogP contribution >= 0.6 is 0 Å². The smallest absolute Gasteiger partial charge is 0.158 e. The molecule has 0 saturated carbocycles. The molecule has 1 aromatic heterocycles. The van der Waals surface area contributed by atoms with Gasteiger partial charge in [0, 0.05) is 35.9 Å². The molecule has 3 nitrogen and oxygen atoms in total. The van der Waals surface area contributed by atoms with E-state index in [0.717, 1.165) is 13.2 Å². The van der Waals surface area contributed by atoms with Crippen LogP contribution in [0.25, 0.3) is 5.69 Å². The second kappa shape index (κ2) is 6.17. The van der Waals surface area contributed by atoms with E-state index >= 15 is 0 Å². The van der Waals surface area contributed by atoms with Crippen molar-refractivity contribution in [2.45, 2.75) is 20.1 Å². The van der Waals surface area contributed by atoms with E-state index in [-0.39, 0.29) is 6.23 Å². The molecule has 0 radical (unpaired) electrons. The van der Waals surface area contributed by atoms with E-state index in [1.807, 2.05) is 0 Å².